The lowest BCUT2D eigenvalue weighted by atomic mass is 10.0. The molecule has 4 aromatic carbocycles. The molecule has 0 spiro atoms. The second-order valence-corrected chi connectivity index (χ2v) is 8.29. The van der Waals surface area contributed by atoms with Crippen molar-refractivity contribution in [1.82, 2.24) is 15.3 Å². The number of halogens is 2. The molecule has 0 amide bonds. The minimum absolute atomic E-state index is 0.0653. The van der Waals surface area contributed by atoms with Gasteiger partial charge in [0.25, 0.3) is 0 Å². The van der Waals surface area contributed by atoms with Crippen LogP contribution in [0.25, 0.3) is 21.8 Å². The van der Waals surface area contributed by atoms with Gasteiger partial charge in [0.1, 0.15) is 24.0 Å². The fourth-order valence-corrected chi connectivity index (χ4v) is 4.22. The lowest BCUT2D eigenvalue weighted by Crippen LogP contribution is -2.18. The monoisotopic (exact) mass is 459 g/mol. The predicted octanol–water partition coefficient (Wildman–Crippen LogP) is 6.42. The third-order valence-corrected chi connectivity index (χ3v) is 6.06. The van der Waals surface area contributed by atoms with Gasteiger partial charge in [-0.2, -0.15) is 0 Å². The molecule has 5 aromatic rings. The first-order valence-electron chi connectivity index (χ1n) is 10.9. The molecule has 4 nitrogen and oxygen atoms in total. The summed E-state index contributed by atoms with van der Waals surface area (Å²) in [6, 6.07) is 24.8. The van der Waals surface area contributed by atoms with Crippen molar-refractivity contribution in [1.29, 1.82) is 0 Å². The van der Waals surface area contributed by atoms with Crippen molar-refractivity contribution < 1.29 is 9.13 Å². The fraction of sp³-hybridized carbons (Fsp3) is 0.148. The van der Waals surface area contributed by atoms with E-state index in [1.165, 1.54) is 6.07 Å². The summed E-state index contributed by atoms with van der Waals surface area (Å²) in [6.45, 7) is 1.43. The van der Waals surface area contributed by atoms with Crippen LogP contribution in [-0.4, -0.2) is 16.5 Å². The molecular weight excluding hydrogens is 437 g/mol. The van der Waals surface area contributed by atoms with Crippen LogP contribution in [0.3, 0.4) is 0 Å². The molecule has 1 heterocycles. The summed E-state index contributed by atoms with van der Waals surface area (Å²) in [5.74, 6) is 1.30. The third kappa shape index (κ3) is 4.70. The van der Waals surface area contributed by atoms with Gasteiger partial charge in [0, 0.05) is 30.6 Å². The molecule has 0 radical (unpaired) electrons. The quantitative estimate of drug-likeness (QED) is 0.263. The molecule has 0 aliphatic rings. The Bertz CT molecular complexity index is 1360. The van der Waals surface area contributed by atoms with Gasteiger partial charge >= 0.3 is 0 Å². The van der Waals surface area contributed by atoms with Gasteiger partial charge in [-0.25, -0.2) is 9.37 Å². The van der Waals surface area contributed by atoms with Gasteiger partial charge < -0.3 is 15.0 Å². The summed E-state index contributed by atoms with van der Waals surface area (Å²) in [5.41, 5.74) is 3.41. The molecule has 0 unspecified atom stereocenters. The third-order valence-electron chi connectivity index (χ3n) is 5.71. The number of rotatable bonds is 8. The van der Waals surface area contributed by atoms with Gasteiger partial charge in [0.05, 0.1) is 16.1 Å². The Labute approximate surface area is 196 Å². The summed E-state index contributed by atoms with van der Waals surface area (Å²) in [4.78, 5) is 8.00. The van der Waals surface area contributed by atoms with Crippen LogP contribution in [0.5, 0.6) is 5.75 Å². The standard InChI is InChI=1S/C27H23ClFN3O/c28-22-8-5-9-23(29)21(22)17-33-26-13-12-18-6-1-2-7-19(18)20(26)16-30-15-14-27-31-24-10-3-4-11-25(24)32-27/h1-13,30H,14-17H2,(H,31,32). The molecule has 0 aliphatic heterocycles. The van der Waals surface area contributed by atoms with E-state index < -0.39 is 0 Å². The normalized spacial score (nSPS) is 11.3. The van der Waals surface area contributed by atoms with Crippen LogP contribution in [0.15, 0.2) is 78.9 Å². The van der Waals surface area contributed by atoms with Crippen LogP contribution < -0.4 is 10.1 Å². The Balaban J connectivity index is 1.32. The van der Waals surface area contributed by atoms with E-state index in [-0.39, 0.29) is 12.4 Å². The number of benzene rings is 4. The Morgan fingerprint density at radius 2 is 1.76 bits per heavy atom. The van der Waals surface area contributed by atoms with E-state index in [4.69, 9.17) is 16.3 Å². The van der Waals surface area contributed by atoms with Gasteiger partial charge in [-0.05, 0) is 41.1 Å². The molecule has 33 heavy (non-hydrogen) atoms. The minimum atomic E-state index is -0.367. The molecule has 0 aliphatic carbocycles. The molecule has 0 saturated carbocycles. The number of aromatic nitrogens is 2. The molecule has 0 bridgehead atoms. The highest BCUT2D eigenvalue weighted by Crippen LogP contribution is 2.30. The molecule has 6 heteroatoms. The number of H-pyrrole nitrogens is 1. The summed E-state index contributed by atoms with van der Waals surface area (Å²) in [7, 11) is 0. The first-order valence-corrected chi connectivity index (χ1v) is 11.3. The lowest BCUT2D eigenvalue weighted by Gasteiger charge is -2.16. The largest absolute Gasteiger partial charge is 0.488 e. The average Bonchev–Trinajstić information content (AvgIpc) is 3.25. The molecule has 166 valence electrons. The Kier molecular flexibility index (Phi) is 6.24. The molecule has 0 atom stereocenters. The first-order chi connectivity index (χ1) is 16.2. The summed E-state index contributed by atoms with van der Waals surface area (Å²) in [6.07, 6.45) is 0.778. The number of hydrogen-bond donors (Lipinski definition) is 2. The summed E-state index contributed by atoms with van der Waals surface area (Å²) in [5, 5.41) is 6.10. The van der Waals surface area contributed by atoms with Crippen molar-refractivity contribution in [3.05, 3.63) is 107 Å². The van der Waals surface area contributed by atoms with Crippen LogP contribution >= 0.6 is 11.6 Å². The van der Waals surface area contributed by atoms with Crippen LogP contribution in [0.4, 0.5) is 4.39 Å². The van der Waals surface area contributed by atoms with Crippen LogP contribution in [0.1, 0.15) is 17.0 Å². The number of aromatic amines is 1. The number of hydrogen-bond acceptors (Lipinski definition) is 3. The molecule has 1 aromatic heterocycles. The number of fused-ring (bicyclic) bond motifs is 2. The Morgan fingerprint density at radius 1 is 0.909 bits per heavy atom. The second-order valence-electron chi connectivity index (χ2n) is 7.88. The Hall–Kier alpha value is -3.41. The fourth-order valence-electron chi connectivity index (χ4n) is 4.00. The summed E-state index contributed by atoms with van der Waals surface area (Å²) < 4.78 is 20.3. The van der Waals surface area contributed by atoms with Crippen LogP contribution in [0.2, 0.25) is 5.02 Å². The van der Waals surface area contributed by atoms with Gasteiger partial charge in [-0.3, -0.25) is 0 Å². The Morgan fingerprint density at radius 3 is 2.64 bits per heavy atom. The van der Waals surface area contributed by atoms with Crippen molar-refractivity contribution in [3.8, 4) is 5.75 Å². The van der Waals surface area contributed by atoms with Crippen LogP contribution in [0, 0.1) is 5.82 Å². The second kappa shape index (κ2) is 9.61. The maximum atomic E-state index is 14.2. The highest BCUT2D eigenvalue weighted by molar-refractivity contribution is 6.31. The van der Waals surface area contributed by atoms with E-state index in [9.17, 15) is 4.39 Å². The SMILES string of the molecule is Fc1cccc(Cl)c1COc1ccc2ccccc2c1CNCCc1nc2ccccc2[nH]1. The van der Waals surface area contributed by atoms with E-state index in [0.29, 0.717) is 22.9 Å². The highest BCUT2D eigenvalue weighted by atomic mass is 35.5. The van der Waals surface area contributed by atoms with Gasteiger partial charge in [0.15, 0.2) is 0 Å². The molecule has 0 saturated heterocycles. The first kappa shape index (κ1) is 21.4. The van der Waals surface area contributed by atoms with Gasteiger partial charge in [-0.15, -0.1) is 0 Å². The number of nitrogens with zero attached hydrogens (tertiary/aromatic N) is 1. The maximum absolute atomic E-state index is 14.2. The van der Waals surface area contributed by atoms with E-state index in [0.717, 1.165) is 46.2 Å². The number of para-hydroxylation sites is 2. The van der Waals surface area contributed by atoms with E-state index in [2.05, 4.69) is 27.4 Å². The van der Waals surface area contributed by atoms with E-state index >= 15 is 0 Å². The zero-order valence-corrected chi connectivity index (χ0v) is 18.7. The molecule has 5 rings (SSSR count). The predicted molar refractivity (Wildman–Crippen MR) is 131 cm³/mol. The topological polar surface area (TPSA) is 49.9 Å². The summed E-state index contributed by atoms with van der Waals surface area (Å²) >= 11 is 6.18. The van der Waals surface area contributed by atoms with Gasteiger partial charge in [-0.1, -0.05) is 60.1 Å². The molecular formula is C27H23ClFN3O. The number of ether oxygens (including phenoxy) is 1. The number of imidazole rings is 1. The van der Waals surface area contributed by atoms with Crippen molar-refractivity contribution in [3.63, 3.8) is 0 Å². The van der Waals surface area contributed by atoms with Gasteiger partial charge in [0.2, 0.25) is 0 Å². The van der Waals surface area contributed by atoms with Crippen molar-refractivity contribution in [2.24, 2.45) is 0 Å². The lowest BCUT2D eigenvalue weighted by molar-refractivity contribution is 0.296. The molecule has 2 N–H and O–H groups in total. The van der Waals surface area contributed by atoms with Crippen LogP contribution in [-0.2, 0) is 19.6 Å². The van der Waals surface area contributed by atoms with Crippen molar-refractivity contribution in [2.45, 2.75) is 19.6 Å². The van der Waals surface area contributed by atoms with Crippen molar-refractivity contribution >= 4 is 33.4 Å². The van der Waals surface area contributed by atoms with E-state index in [1.54, 1.807) is 12.1 Å². The maximum Gasteiger partial charge on any atom is 0.131 e. The highest BCUT2D eigenvalue weighted by Gasteiger charge is 2.12. The zero-order valence-electron chi connectivity index (χ0n) is 17.9. The zero-order chi connectivity index (χ0) is 22.6. The number of nitrogens with one attached hydrogen (secondary N) is 2. The average molecular weight is 460 g/mol. The van der Waals surface area contributed by atoms with Crippen molar-refractivity contribution in [2.75, 3.05) is 6.54 Å². The minimum Gasteiger partial charge on any atom is -0.488 e. The smallest absolute Gasteiger partial charge is 0.131 e. The van der Waals surface area contributed by atoms with E-state index in [1.807, 2.05) is 48.5 Å². The molecule has 0 fully saturated rings.